The molecule has 1 aromatic rings. The van der Waals surface area contributed by atoms with Crippen molar-refractivity contribution in [1.82, 2.24) is 4.90 Å². The minimum absolute atomic E-state index is 0. The van der Waals surface area contributed by atoms with Gasteiger partial charge in [0.25, 0.3) is 0 Å². The zero-order chi connectivity index (χ0) is 14.8. The lowest BCUT2D eigenvalue weighted by Crippen LogP contribution is -2.47. The molecule has 1 aliphatic heterocycles. The van der Waals surface area contributed by atoms with Crippen molar-refractivity contribution in [1.29, 1.82) is 0 Å². The molecule has 3 unspecified atom stereocenters. The van der Waals surface area contributed by atoms with Gasteiger partial charge in [0.05, 0.1) is 5.56 Å². The molecule has 122 valence electrons. The molecule has 0 radical (unpaired) electrons. The van der Waals surface area contributed by atoms with E-state index in [9.17, 15) is 4.79 Å². The lowest BCUT2D eigenvalue weighted by Gasteiger charge is -2.43. The van der Waals surface area contributed by atoms with E-state index in [1.807, 2.05) is 0 Å². The van der Waals surface area contributed by atoms with Gasteiger partial charge in [-0.25, -0.2) is 4.79 Å². The fraction of sp³-hybridized carbons (Fsp3) is 0.588. The second-order valence-corrected chi connectivity index (χ2v) is 6.79. The van der Waals surface area contributed by atoms with Crippen molar-refractivity contribution in [2.45, 2.75) is 31.8 Å². The molecule has 5 heteroatoms. The number of carbonyl (C=O) groups excluding carboxylic acids is 1. The Bertz CT molecular complexity index is 506. The van der Waals surface area contributed by atoms with Gasteiger partial charge in [-0.05, 0) is 69.5 Å². The molecule has 1 saturated carbocycles. The van der Waals surface area contributed by atoms with Crippen molar-refractivity contribution >= 4 is 30.0 Å². The normalized spacial score (nSPS) is 28.4. The molecular formula is C17H23Cl2NO2. The molecule has 1 saturated heterocycles. The van der Waals surface area contributed by atoms with Gasteiger partial charge in [-0.3, -0.25) is 0 Å². The number of esters is 1. The van der Waals surface area contributed by atoms with Crippen LogP contribution in [0.4, 0.5) is 0 Å². The number of hydrogen-bond acceptors (Lipinski definition) is 3. The highest BCUT2D eigenvalue weighted by atomic mass is 35.5. The van der Waals surface area contributed by atoms with Crippen LogP contribution in [-0.2, 0) is 4.74 Å². The minimum atomic E-state index is -0.217. The number of fused-ring (bicyclic) bond motifs is 1. The van der Waals surface area contributed by atoms with Gasteiger partial charge < -0.3 is 9.64 Å². The molecule has 3 atom stereocenters. The Morgan fingerprint density at radius 1 is 1.23 bits per heavy atom. The monoisotopic (exact) mass is 343 g/mol. The smallest absolute Gasteiger partial charge is 0.338 e. The van der Waals surface area contributed by atoms with E-state index in [0.29, 0.717) is 16.5 Å². The molecule has 1 aromatic carbocycles. The van der Waals surface area contributed by atoms with Crippen LogP contribution in [0, 0.1) is 11.8 Å². The second kappa shape index (κ2) is 7.67. The van der Waals surface area contributed by atoms with Crippen LogP contribution in [0.5, 0.6) is 0 Å². The van der Waals surface area contributed by atoms with Gasteiger partial charge in [-0.1, -0.05) is 11.6 Å². The third kappa shape index (κ3) is 3.95. The first-order valence-electron chi connectivity index (χ1n) is 7.78. The van der Waals surface area contributed by atoms with Gasteiger partial charge in [-0.2, -0.15) is 0 Å². The molecule has 0 spiro atoms. The van der Waals surface area contributed by atoms with E-state index in [4.69, 9.17) is 16.3 Å². The molecular weight excluding hydrogens is 321 g/mol. The summed E-state index contributed by atoms with van der Waals surface area (Å²) in [6.07, 6.45) is 4.75. The van der Waals surface area contributed by atoms with E-state index in [1.165, 1.54) is 25.8 Å². The van der Waals surface area contributed by atoms with E-state index in [2.05, 4.69) is 11.9 Å². The molecule has 1 heterocycles. The first-order valence-corrected chi connectivity index (χ1v) is 8.16. The molecule has 2 aliphatic rings. The predicted octanol–water partition coefficient (Wildman–Crippen LogP) is 4.04. The van der Waals surface area contributed by atoms with Crippen molar-refractivity contribution in [3.8, 4) is 0 Å². The maximum absolute atomic E-state index is 12.3. The van der Waals surface area contributed by atoms with Crippen LogP contribution in [0.1, 0.15) is 36.0 Å². The van der Waals surface area contributed by atoms with Crippen molar-refractivity contribution in [2.75, 3.05) is 20.1 Å². The lowest BCUT2D eigenvalue weighted by atomic mass is 9.73. The molecule has 0 N–H and O–H groups in total. The Balaban J connectivity index is 0.00000176. The van der Waals surface area contributed by atoms with Crippen molar-refractivity contribution in [3.63, 3.8) is 0 Å². The van der Waals surface area contributed by atoms with E-state index in [-0.39, 0.29) is 24.5 Å². The quantitative estimate of drug-likeness (QED) is 0.759. The van der Waals surface area contributed by atoms with Crippen LogP contribution in [0.3, 0.4) is 0 Å². The number of carbonyl (C=O) groups is 1. The molecule has 1 aliphatic carbocycles. The summed E-state index contributed by atoms with van der Waals surface area (Å²) < 4.78 is 5.83. The molecule has 22 heavy (non-hydrogen) atoms. The SMILES string of the molecule is CN1CCC2CCCC(OC(=O)c3ccc(Cl)cc3)C2C1.Cl. The maximum atomic E-state index is 12.3. The van der Waals surface area contributed by atoms with Gasteiger partial charge in [0.15, 0.2) is 0 Å². The molecule has 2 fully saturated rings. The molecule has 0 bridgehead atoms. The average molecular weight is 344 g/mol. The third-order valence-corrected chi connectivity index (χ3v) is 5.14. The van der Waals surface area contributed by atoms with Gasteiger partial charge in [0, 0.05) is 17.5 Å². The molecule has 3 nitrogen and oxygen atoms in total. The molecule has 3 rings (SSSR count). The van der Waals surface area contributed by atoms with Crippen molar-refractivity contribution in [2.24, 2.45) is 11.8 Å². The van der Waals surface area contributed by atoms with Crippen LogP contribution in [-0.4, -0.2) is 37.1 Å². The number of benzene rings is 1. The second-order valence-electron chi connectivity index (χ2n) is 6.36. The van der Waals surface area contributed by atoms with E-state index in [0.717, 1.165) is 18.9 Å². The summed E-state index contributed by atoms with van der Waals surface area (Å²) >= 11 is 5.86. The Labute approximate surface area is 143 Å². The van der Waals surface area contributed by atoms with Gasteiger partial charge >= 0.3 is 5.97 Å². The minimum Gasteiger partial charge on any atom is -0.458 e. The average Bonchev–Trinajstić information content (AvgIpc) is 2.48. The largest absolute Gasteiger partial charge is 0.458 e. The van der Waals surface area contributed by atoms with E-state index < -0.39 is 0 Å². The fourth-order valence-electron chi connectivity index (χ4n) is 3.71. The number of piperidine rings is 1. The Kier molecular flexibility index (Phi) is 6.13. The van der Waals surface area contributed by atoms with Gasteiger partial charge in [0.2, 0.25) is 0 Å². The summed E-state index contributed by atoms with van der Waals surface area (Å²) in [4.78, 5) is 14.7. The lowest BCUT2D eigenvalue weighted by molar-refractivity contribution is -0.0365. The standard InChI is InChI=1S/C17H22ClNO2.ClH/c1-19-10-9-12-3-2-4-16(15(12)11-19)21-17(20)13-5-7-14(18)8-6-13;/h5-8,12,15-16H,2-4,9-11H2,1H3;1H. The number of hydrogen-bond donors (Lipinski definition) is 0. The number of halogens is 2. The van der Waals surface area contributed by atoms with Crippen LogP contribution in [0.25, 0.3) is 0 Å². The number of ether oxygens (including phenoxy) is 1. The zero-order valence-corrected chi connectivity index (χ0v) is 14.4. The van der Waals surface area contributed by atoms with Gasteiger partial charge in [0.1, 0.15) is 6.10 Å². The summed E-state index contributed by atoms with van der Waals surface area (Å²) in [5.74, 6) is 0.997. The summed E-state index contributed by atoms with van der Waals surface area (Å²) in [5, 5.41) is 0.637. The third-order valence-electron chi connectivity index (χ3n) is 4.89. The van der Waals surface area contributed by atoms with E-state index >= 15 is 0 Å². The first kappa shape index (κ1) is 17.6. The zero-order valence-electron chi connectivity index (χ0n) is 12.8. The summed E-state index contributed by atoms with van der Waals surface area (Å²) in [6, 6.07) is 6.93. The van der Waals surface area contributed by atoms with Crippen LogP contribution in [0.2, 0.25) is 5.02 Å². The fourth-order valence-corrected chi connectivity index (χ4v) is 3.84. The first-order chi connectivity index (χ1) is 10.1. The Hall–Kier alpha value is -0.770. The summed E-state index contributed by atoms with van der Waals surface area (Å²) in [5.41, 5.74) is 0.589. The number of likely N-dealkylation sites (tertiary alicyclic amines) is 1. The highest BCUT2D eigenvalue weighted by Gasteiger charge is 2.38. The maximum Gasteiger partial charge on any atom is 0.338 e. The van der Waals surface area contributed by atoms with Crippen LogP contribution in [0.15, 0.2) is 24.3 Å². The van der Waals surface area contributed by atoms with E-state index in [1.54, 1.807) is 24.3 Å². The Morgan fingerprint density at radius 2 is 1.95 bits per heavy atom. The van der Waals surface area contributed by atoms with Crippen LogP contribution < -0.4 is 0 Å². The summed E-state index contributed by atoms with van der Waals surface area (Å²) in [6.45, 7) is 2.21. The van der Waals surface area contributed by atoms with Crippen molar-refractivity contribution < 1.29 is 9.53 Å². The van der Waals surface area contributed by atoms with Crippen LogP contribution >= 0.6 is 24.0 Å². The molecule has 0 amide bonds. The predicted molar refractivity (Wildman–Crippen MR) is 90.8 cm³/mol. The highest BCUT2D eigenvalue weighted by Crippen LogP contribution is 2.37. The molecule has 0 aromatic heterocycles. The number of nitrogens with zero attached hydrogens (tertiary/aromatic N) is 1. The Morgan fingerprint density at radius 3 is 2.68 bits per heavy atom. The highest BCUT2D eigenvalue weighted by molar-refractivity contribution is 6.30. The topological polar surface area (TPSA) is 29.5 Å². The van der Waals surface area contributed by atoms with Gasteiger partial charge in [-0.15, -0.1) is 12.4 Å². The summed E-state index contributed by atoms with van der Waals surface area (Å²) in [7, 11) is 2.16. The number of rotatable bonds is 2. The van der Waals surface area contributed by atoms with Crippen molar-refractivity contribution in [3.05, 3.63) is 34.9 Å².